The van der Waals surface area contributed by atoms with Gasteiger partial charge in [-0.2, -0.15) is 5.21 Å². The standard InChI is InChI=1S/C22H25ClN6O4/c1-12(2)17-7-13-8-20(33-6-4-5-32-3)16(23)9-14(13)18-10-19(30)15(11-29(17)18)21(31)24-22-25-27-28-26-22/h8-12,17H,4-7H2,1-3H3,(H2,24,25,26,27,28,31). The summed E-state index contributed by atoms with van der Waals surface area (Å²) in [6.45, 7) is 5.31. The van der Waals surface area contributed by atoms with Crippen molar-refractivity contribution in [3.8, 4) is 17.0 Å². The average Bonchev–Trinajstić information content (AvgIpc) is 3.29. The Hall–Kier alpha value is -3.24. The molecule has 0 bridgehead atoms. The van der Waals surface area contributed by atoms with Crippen LogP contribution in [0.3, 0.4) is 0 Å². The number of methoxy groups -OCH3 is 1. The van der Waals surface area contributed by atoms with Crippen molar-refractivity contribution in [2.45, 2.75) is 32.7 Å². The third-order valence-electron chi connectivity index (χ3n) is 5.63. The Morgan fingerprint density at radius 2 is 2.15 bits per heavy atom. The molecule has 3 heterocycles. The Kier molecular flexibility index (Phi) is 6.75. The quantitative estimate of drug-likeness (QED) is 0.482. The Labute approximate surface area is 195 Å². The number of benzene rings is 1. The first-order valence-corrected chi connectivity index (χ1v) is 11.0. The molecule has 33 heavy (non-hydrogen) atoms. The molecule has 10 nitrogen and oxygen atoms in total. The molecule has 1 amide bonds. The molecule has 0 spiro atoms. The van der Waals surface area contributed by atoms with E-state index in [0.29, 0.717) is 36.1 Å². The molecule has 1 aliphatic rings. The minimum atomic E-state index is -0.595. The van der Waals surface area contributed by atoms with Crippen molar-refractivity contribution in [2.75, 3.05) is 25.6 Å². The van der Waals surface area contributed by atoms with Gasteiger partial charge in [0.2, 0.25) is 0 Å². The zero-order valence-corrected chi connectivity index (χ0v) is 19.3. The predicted octanol–water partition coefficient (Wildman–Crippen LogP) is 3.10. The SMILES string of the molecule is COCCCOc1cc2c(cc1Cl)-c1cc(=O)c(C(=O)Nc3nn[nH]n3)cn1C(C(C)C)C2. The van der Waals surface area contributed by atoms with Crippen LogP contribution in [0.25, 0.3) is 11.3 Å². The summed E-state index contributed by atoms with van der Waals surface area (Å²) < 4.78 is 12.9. The molecule has 1 aromatic carbocycles. The first kappa shape index (κ1) is 22.9. The van der Waals surface area contributed by atoms with Gasteiger partial charge in [0.15, 0.2) is 5.43 Å². The van der Waals surface area contributed by atoms with E-state index in [1.807, 2.05) is 16.7 Å². The van der Waals surface area contributed by atoms with Crippen molar-refractivity contribution in [3.63, 3.8) is 0 Å². The summed E-state index contributed by atoms with van der Waals surface area (Å²) in [5.74, 6) is 0.260. The summed E-state index contributed by atoms with van der Waals surface area (Å²) >= 11 is 6.51. The van der Waals surface area contributed by atoms with Crippen molar-refractivity contribution in [3.05, 3.63) is 50.8 Å². The summed E-state index contributed by atoms with van der Waals surface area (Å²) in [5, 5.41) is 16.0. The Balaban J connectivity index is 1.72. The molecule has 0 fully saturated rings. The number of carbonyl (C=O) groups is 1. The highest BCUT2D eigenvalue weighted by atomic mass is 35.5. The zero-order valence-electron chi connectivity index (χ0n) is 18.6. The van der Waals surface area contributed by atoms with Crippen LogP contribution in [0.2, 0.25) is 5.02 Å². The topological polar surface area (TPSA) is 124 Å². The lowest BCUT2D eigenvalue weighted by Gasteiger charge is -2.33. The van der Waals surface area contributed by atoms with E-state index in [4.69, 9.17) is 21.1 Å². The van der Waals surface area contributed by atoms with Crippen LogP contribution >= 0.6 is 11.6 Å². The van der Waals surface area contributed by atoms with Crippen molar-refractivity contribution < 1.29 is 14.3 Å². The smallest absolute Gasteiger partial charge is 0.270 e. The fourth-order valence-corrected chi connectivity index (χ4v) is 4.19. The van der Waals surface area contributed by atoms with Gasteiger partial charge in [-0.1, -0.05) is 30.5 Å². The van der Waals surface area contributed by atoms with Gasteiger partial charge in [-0.05, 0) is 35.2 Å². The molecule has 1 aliphatic heterocycles. The maximum absolute atomic E-state index is 12.9. The lowest BCUT2D eigenvalue weighted by Crippen LogP contribution is -2.30. The number of aromatic amines is 1. The van der Waals surface area contributed by atoms with Crippen LogP contribution in [0.15, 0.2) is 29.2 Å². The summed E-state index contributed by atoms with van der Waals surface area (Å²) in [6.07, 6.45) is 3.07. The van der Waals surface area contributed by atoms with Crippen LogP contribution in [0, 0.1) is 5.92 Å². The second kappa shape index (κ2) is 9.72. The number of ether oxygens (including phenoxy) is 2. The predicted molar refractivity (Wildman–Crippen MR) is 123 cm³/mol. The molecule has 2 aromatic heterocycles. The number of halogens is 1. The molecule has 2 N–H and O–H groups in total. The largest absolute Gasteiger partial charge is 0.492 e. The van der Waals surface area contributed by atoms with Crippen molar-refractivity contribution >= 4 is 23.5 Å². The van der Waals surface area contributed by atoms with Crippen LogP contribution in [0.4, 0.5) is 5.95 Å². The Bertz CT molecular complexity index is 1210. The van der Waals surface area contributed by atoms with Gasteiger partial charge in [0, 0.05) is 44.0 Å². The number of carbonyl (C=O) groups excluding carboxylic acids is 1. The van der Waals surface area contributed by atoms with E-state index < -0.39 is 11.3 Å². The minimum Gasteiger partial charge on any atom is -0.492 e. The van der Waals surface area contributed by atoms with E-state index in [0.717, 1.165) is 17.5 Å². The maximum Gasteiger partial charge on any atom is 0.270 e. The molecule has 11 heteroatoms. The van der Waals surface area contributed by atoms with Crippen LogP contribution < -0.4 is 15.5 Å². The minimum absolute atomic E-state index is 0.00171. The van der Waals surface area contributed by atoms with Gasteiger partial charge in [-0.15, -0.1) is 5.10 Å². The number of rotatable bonds is 8. The summed E-state index contributed by atoms with van der Waals surface area (Å²) in [5.41, 5.74) is 2.20. The highest BCUT2D eigenvalue weighted by molar-refractivity contribution is 6.32. The molecule has 0 radical (unpaired) electrons. The number of hydrogen-bond donors (Lipinski definition) is 2. The molecule has 0 aliphatic carbocycles. The number of nitrogens with zero attached hydrogens (tertiary/aromatic N) is 4. The maximum atomic E-state index is 12.9. The van der Waals surface area contributed by atoms with E-state index >= 15 is 0 Å². The molecule has 0 saturated heterocycles. The fraction of sp³-hybridized carbons (Fsp3) is 0.409. The van der Waals surface area contributed by atoms with Crippen molar-refractivity contribution in [1.29, 1.82) is 0 Å². The first-order chi connectivity index (χ1) is 15.9. The van der Waals surface area contributed by atoms with E-state index in [-0.39, 0.29) is 23.5 Å². The van der Waals surface area contributed by atoms with Crippen LogP contribution in [-0.2, 0) is 11.2 Å². The van der Waals surface area contributed by atoms with E-state index in [1.54, 1.807) is 13.3 Å². The van der Waals surface area contributed by atoms with Crippen molar-refractivity contribution in [2.24, 2.45) is 5.92 Å². The van der Waals surface area contributed by atoms with Gasteiger partial charge in [-0.25, -0.2) is 0 Å². The van der Waals surface area contributed by atoms with Gasteiger partial charge in [-0.3, -0.25) is 14.9 Å². The monoisotopic (exact) mass is 472 g/mol. The second-order valence-electron chi connectivity index (χ2n) is 8.18. The highest BCUT2D eigenvalue weighted by Crippen LogP contribution is 2.41. The van der Waals surface area contributed by atoms with Gasteiger partial charge in [0.05, 0.1) is 17.3 Å². The number of aromatic nitrogens is 5. The third kappa shape index (κ3) is 4.76. The van der Waals surface area contributed by atoms with Gasteiger partial charge >= 0.3 is 0 Å². The molecule has 3 aromatic rings. The van der Waals surface area contributed by atoms with Crippen LogP contribution in [-0.4, -0.2) is 51.4 Å². The molecule has 1 atom stereocenters. The summed E-state index contributed by atoms with van der Waals surface area (Å²) in [7, 11) is 1.65. The number of tetrazole rings is 1. The molecular formula is C22H25ClN6O4. The number of pyridine rings is 1. The number of anilines is 1. The fourth-order valence-electron chi connectivity index (χ4n) is 3.97. The van der Waals surface area contributed by atoms with Gasteiger partial charge < -0.3 is 14.0 Å². The summed E-state index contributed by atoms with van der Waals surface area (Å²) in [4.78, 5) is 25.6. The number of nitrogens with one attached hydrogen (secondary N) is 2. The molecule has 174 valence electrons. The van der Waals surface area contributed by atoms with Crippen molar-refractivity contribution in [1.82, 2.24) is 25.2 Å². The van der Waals surface area contributed by atoms with Gasteiger partial charge in [0.25, 0.3) is 11.9 Å². The van der Waals surface area contributed by atoms with E-state index in [1.165, 1.54) is 6.07 Å². The molecule has 1 unspecified atom stereocenters. The number of hydrogen-bond acceptors (Lipinski definition) is 7. The first-order valence-electron chi connectivity index (χ1n) is 10.6. The number of fused-ring (bicyclic) bond motifs is 3. The lowest BCUT2D eigenvalue weighted by atomic mass is 9.87. The molecular weight excluding hydrogens is 448 g/mol. The average molecular weight is 473 g/mol. The van der Waals surface area contributed by atoms with Crippen LogP contribution in [0.5, 0.6) is 5.75 Å². The van der Waals surface area contributed by atoms with E-state index in [2.05, 4.69) is 39.8 Å². The molecule has 0 saturated carbocycles. The van der Waals surface area contributed by atoms with Crippen LogP contribution in [0.1, 0.15) is 42.2 Å². The Morgan fingerprint density at radius 3 is 2.85 bits per heavy atom. The number of H-pyrrole nitrogens is 1. The van der Waals surface area contributed by atoms with E-state index in [9.17, 15) is 9.59 Å². The lowest BCUT2D eigenvalue weighted by molar-refractivity contribution is 0.102. The highest BCUT2D eigenvalue weighted by Gasteiger charge is 2.29. The summed E-state index contributed by atoms with van der Waals surface area (Å²) in [6, 6.07) is 5.29. The van der Waals surface area contributed by atoms with Gasteiger partial charge in [0.1, 0.15) is 11.3 Å². The third-order valence-corrected chi connectivity index (χ3v) is 5.93. The molecule has 4 rings (SSSR count). The number of amides is 1. The second-order valence-corrected chi connectivity index (χ2v) is 8.59. The zero-order chi connectivity index (χ0) is 23.5. The Morgan fingerprint density at radius 1 is 1.33 bits per heavy atom. The normalized spacial score (nSPS) is 14.6.